The summed E-state index contributed by atoms with van der Waals surface area (Å²) >= 11 is 0. The van der Waals surface area contributed by atoms with Crippen molar-refractivity contribution in [3.63, 3.8) is 0 Å². The molecule has 0 bridgehead atoms. The van der Waals surface area contributed by atoms with Crippen molar-refractivity contribution in [2.24, 2.45) is 5.73 Å². The van der Waals surface area contributed by atoms with Crippen molar-refractivity contribution in [2.45, 2.75) is 56.7 Å². The second-order valence-electron chi connectivity index (χ2n) is 7.96. The molecule has 3 nitrogen and oxygen atoms in total. The van der Waals surface area contributed by atoms with Gasteiger partial charge in [0.25, 0.3) is 0 Å². The van der Waals surface area contributed by atoms with Crippen molar-refractivity contribution in [3.8, 4) is 0 Å². The molecule has 0 amide bonds. The molecule has 2 rings (SSSR count). The Kier molecular flexibility index (Phi) is 8.36. The fourth-order valence-corrected chi connectivity index (χ4v) is 3.46. The smallest absolute Gasteiger partial charge is 0.372 e. The van der Waals surface area contributed by atoms with Crippen LogP contribution in [0.2, 0.25) is 0 Å². The third kappa shape index (κ3) is 6.70. The van der Waals surface area contributed by atoms with Crippen LogP contribution in [0.5, 0.6) is 0 Å². The number of hydrogen-bond donors (Lipinski definition) is 2. The molecule has 1 fully saturated rings. The fourth-order valence-electron chi connectivity index (χ4n) is 3.46. The Balaban J connectivity index is 2.29. The minimum atomic E-state index is -4.91. The van der Waals surface area contributed by atoms with Gasteiger partial charge in [-0.05, 0) is 56.0 Å². The van der Waals surface area contributed by atoms with Gasteiger partial charge < -0.3 is 15.8 Å². The number of hydrogen-bond acceptors (Lipinski definition) is 3. The van der Waals surface area contributed by atoms with E-state index in [-0.39, 0.29) is 24.3 Å². The first-order valence-corrected chi connectivity index (χ1v) is 10.2. The minimum absolute atomic E-state index is 0.0114. The molecule has 0 radical (unpaired) electrons. The molecule has 0 aliphatic carbocycles. The lowest BCUT2D eigenvalue weighted by atomic mass is 9.81. The lowest BCUT2D eigenvalue weighted by Gasteiger charge is -2.41. The van der Waals surface area contributed by atoms with E-state index in [1.165, 1.54) is 6.92 Å². The molecule has 0 saturated carbocycles. The third-order valence-corrected chi connectivity index (χ3v) is 5.52. The van der Waals surface area contributed by atoms with Crippen LogP contribution in [0.3, 0.4) is 0 Å². The third-order valence-electron chi connectivity index (χ3n) is 5.52. The summed E-state index contributed by atoms with van der Waals surface area (Å²) in [6.45, 7) is 7.87. The van der Waals surface area contributed by atoms with Crippen LogP contribution in [0.15, 0.2) is 54.7 Å². The summed E-state index contributed by atoms with van der Waals surface area (Å²) in [5, 5.41) is 3.30. The van der Waals surface area contributed by atoms with Gasteiger partial charge in [-0.25, -0.2) is 0 Å². The number of allylic oxidation sites excluding steroid dienone is 3. The molecule has 32 heavy (non-hydrogen) atoms. The van der Waals surface area contributed by atoms with E-state index < -0.39 is 35.1 Å². The normalized spacial score (nSPS) is 23.7. The van der Waals surface area contributed by atoms with Crippen molar-refractivity contribution in [1.82, 2.24) is 5.32 Å². The number of alkyl halides is 6. The average Bonchev–Trinajstić information content (AvgIpc) is 2.72. The molecule has 1 saturated heterocycles. The van der Waals surface area contributed by atoms with E-state index in [0.29, 0.717) is 37.1 Å². The van der Waals surface area contributed by atoms with Crippen LogP contribution in [0.4, 0.5) is 26.3 Å². The molecule has 1 aromatic rings. The molecule has 178 valence electrons. The molecule has 3 atom stereocenters. The van der Waals surface area contributed by atoms with Gasteiger partial charge in [0.1, 0.15) is 0 Å². The summed E-state index contributed by atoms with van der Waals surface area (Å²) in [7, 11) is 0. The first kappa shape index (κ1) is 26.2. The Labute approximate surface area is 184 Å². The van der Waals surface area contributed by atoms with Crippen molar-refractivity contribution < 1.29 is 31.1 Å². The number of nitrogens with one attached hydrogen (secondary N) is 1. The zero-order valence-corrected chi connectivity index (χ0v) is 18.0. The van der Waals surface area contributed by atoms with Crippen LogP contribution in [0.25, 0.3) is 0 Å². The molecular weight excluding hydrogens is 434 g/mol. The van der Waals surface area contributed by atoms with E-state index >= 15 is 0 Å². The van der Waals surface area contributed by atoms with E-state index in [2.05, 4.69) is 11.9 Å². The van der Waals surface area contributed by atoms with Crippen molar-refractivity contribution in [2.75, 3.05) is 13.2 Å². The molecule has 1 aliphatic heterocycles. The first-order chi connectivity index (χ1) is 14.8. The first-order valence-electron chi connectivity index (χ1n) is 10.2. The van der Waals surface area contributed by atoms with E-state index in [1.54, 1.807) is 12.2 Å². The molecule has 0 aromatic heterocycles. The van der Waals surface area contributed by atoms with E-state index in [0.717, 1.165) is 0 Å². The highest BCUT2D eigenvalue weighted by Crippen LogP contribution is 2.38. The van der Waals surface area contributed by atoms with Gasteiger partial charge in [0.15, 0.2) is 0 Å². The molecule has 0 unspecified atom stereocenters. The van der Waals surface area contributed by atoms with E-state index in [9.17, 15) is 26.3 Å². The number of nitrogens with two attached hydrogens (primary N) is 1. The largest absolute Gasteiger partial charge is 0.416 e. The molecule has 1 aliphatic rings. The number of piperidine rings is 1. The van der Waals surface area contributed by atoms with Crippen molar-refractivity contribution in [1.29, 1.82) is 0 Å². The van der Waals surface area contributed by atoms with Crippen LogP contribution in [-0.4, -0.2) is 24.7 Å². The predicted octanol–water partition coefficient (Wildman–Crippen LogP) is 5.94. The van der Waals surface area contributed by atoms with Crippen LogP contribution in [-0.2, 0) is 17.1 Å². The second kappa shape index (κ2) is 10.2. The molecular formula is C23H28F6N2O. The van der Waals surface area contributed by atoms with Gasteiger partial charge in [-0.3, -0.25) is 0 Å². The zero-order chi connectivity index (χ0) is 24.2. The quantitative estimate of drug-likeness (QED) is 0.390. The highest BCUT2D eigenvalue weighted by Gasteiger charge is 2.39. The van der Waals surface area contributed by atoms with Gasteiger partial charge in [-0.15, -0.1) is 0 Å². The van der Waals surface area contributed by atoms with Crippen LogP contribution in [0, 0.1) is 0 Å². The molecule has 1 aromatic carbocycles. The Morgan fingerprint density at radius 3 is 2.25 bits per heavy atom. The van der Waals surface area contributed by atoms with Crippen LogP contribution >= 0.6 is 0 Å². The monoisotopic (exact) mass is 462 g/mol. The maximum atomic E-state index is 13.2. The standard InChI is InChI=1S/C23H28F6N2O/c1-4-5-6-7-15(2)21(9-8-20(30)13-31-21)14-32-16(3)17-10-18(22(24,25)26)12-19(11-17)23(27,28)29/h4-7,10-12,16,20,31H,2,8-9,13-14,30H2,1,3H3/b5-4-,7-6-/t16-,20+,21-/m1/s1. The number of halogens is 6. The van der Waals surface area contributed by atoms with Crippen molar-refractivity contribution in [3.05, 3.63) is 71.3 Å². The van der Waals surface area contributed by atoms with Gasteiger partial charge in [0.05, 0.1) is 29.4 Å². The highest BCUT2D eigenvalue weighted by molar-refractivity contribution is 5.35. The fraction of sp³-hybridized carbons (Fsp3) is 0.478. The van der Waals surface area contributed by atoms with Gasteiger partial charge in [-0.2, -0.15) is 26.3 Å². The number of rotatable bonds is 7. The number of benzene rings is 1. The topological polar surface area (TPSA) is 47.3 Å². The molecule has 3 N–H and O–H groups in total. The van der Waals surface area contributed by atoms with Crippen molar-refractivity contribution >= 4 is 0 Å². The summed E-state index contributed by atoms with van der Waals surface area (Å²) < 4.78 is 84.9. The maximum Gasteiger partial charge on any atom is 0.416 e. The Bertz CT molecular complexity index is 817. The maximum absolute atomic E-state index is 13.2. The Hall–Kier alpha value is -2.10. The Morgan fingerprint density at radius 1 is 1.19 bits per heavy atom. The van der Waals surface area contributed by atoms with E-state index in [4.69, 9.17) is 10.5 Å². The van der Waals surface area contributed by atoms with Crippen LogP contribution < -0.4 is 11.1 Å². The van der Waals surface area contributed by atoms with Crippen LogP contribution in [0.1, 0.15) is 49.5 Å². The SMILES string of the molecule is C=C(/C=C\C=C/C)[C@]1(CO[C@H](C)c2cc(C(F)(F)F)cc(C(F)(F)F)c2)CC[C@H](N)CN1. The molecule has 0 spiro atoms. The summed E-state index contributed by atoms with van der Waals surface area (Å²) in [4.78, 5) is 0. The lowest BCUT2D eigenvalue weighted by Crippen LogP contribution is -2.58. The van der Waals surface area contributed by atoms with Gasteiger partial charge in [0, 0.05) is 12.6 Å². The summed E-state index contributed by atoms with van der Waals surface area (Å²) in [6.07, 6.45) is -2.35. The summed E-state index contributed by atoms with van der Waals surface area (Å²) in [6, 6.07) is 1.43. The minimum Gasteiger partial charge on any atom is -0.372 e. The van der Waals surface area contributed by atoms with Gasteiger partial charge >= 0.3 is 12.4 Å². The number of ether oxygens (including phenoxy) is 1. The Morgan fingerprint density at radius 2 is 1.78 bits per heavy atom. The molecule has 1 heterocycles. The summed E-state index contributed by atoms with van der Waals surface area (Å²) in [5.74, 6) is 0. The van der Waals surface area contributed by atoms with Gasteiger partial charge in [0.2, 0.25) is 0 Å². The average molecular weight is 462 g/mol. The second-order valence-corrected chi connectivity index (χ2v) is 7.96. The predicted molar refractivity (Wildman–Crippen MR) is 112 cm³/mol. The molecule has 9 heteroatoms. The zero-order valence-electron chi connectivity index (χ0n) is 18.0. The summed E-state index contributed by atoms with van der Waals surface area (Å²) in [5.41, 5.74) is 2.99. The highest BCUT2D eigenvalue weighted by atomic mass is 19.4. The van der Waals surface area contributed by atoms with E-state index in [1.807, 2.05) is 19.1 Å². The van der Waals surface area contributed by atoms with Gasteiger partial charge in [-0.1, -0.05) is 30.9 Å². The lowest BCUT2D eigenvalue weighted by molar-refractivity contribution is -0.143.